The Labute approximate surface area is 135 Å². The quantitative estimate of drug-likeness (QED) is 0.792. The van der Waals surface area contributed by atoms with Crippen LogP contribution in [-0.4, -0.2) is 40.3 Å². The molecule has 0 N–H and O–H groups in total. The zero-order valence-corrected chi connectivity index (χ0v) is 13.8. The first kappa shape index (κ1) is 15.4. The van der Waals surface area contributed by atoms with E-state index in [1.165, 1.54) is 12.8 Å². The SMILES string of the molecule is COc1ccc(-c2nnc(SC[C@H]3CCCCO3)n2C)cc1. The van der Waals surface area contributed by atoms with Gasteiger partial charge >= 0.3 is 0 Å². The number of ether oxygens (including phenoxy) is 2. The number of aromatic nitrogens is 3. The second-order valence-electron chi connectivity index (χ2n) is 5.39. The molecule has 0 bridgehead atoms. The Morgan fingerprint density at radius 3 is 2.77 bits per heavy atom. The van der Waals surface area contributed by atoms with Crippen LogP contribution >= 0.6 is 11.8 Å². The number of thioether (sulfide) groups is 1. The fraction of sp³-hybridized carbons (Fsp3) is 0.500. The van der Waals surface area contributed by atoms with Gasteiger partial charge < -0.3 is 14.0 Å². The van der Waals surface area contributed by atoms with Gasteiger partial charge in [-0.15, -0.1) is 10.2 Å². The van der Waals surface area contributed by atoms with Crippen LogP contribution < -0.4 is 4.74 Å². The first-order valence-corrected chi connectivity index (χ1v) is 8.54. The molecule has 118 valence electrons. The van der Waals surface area contributed by atoms with Gasteiger partial charge in [-0.2, -0.15) is 0 Å². The average molecular weight is 319 g/mol. The fourth-order valence-electron chi connectivity index (χ4n) is 2.54. The second-order valence-corrected chi connectivity index (χ2v) is 6.38. The molecule has 2 heterocycles. The minimum atomic E-state index is 0.347. The summed E-state index contributed by atoms with van der Waals surface area (Å²) < 4.78 is 13.0. The van der Waals surface area contributed by atoms with E-state index in [-0.39, 0.29) is 0 Å². The third-order valence-corrected chi connectivity index (χ3v) is 5.01. The molecular formula is C16H21N3O2S. The molecule has 3 rings (SSSR count). The van der Waals surface area contributed by atoms with E-state index in [0.29, 0.717) is 6.10 Å². The Morgan fingerprint density at radius 1 is 1.27 bits per heavy atom. The van der Waals surface area contributed by atoms with Crippen LogP contribution in [0.15, 0.2) is 29.4 Å². The van der Waals surface area contributed by atoms with Crippen LogP contribution in [-0.2, 0) is 11.8 Å². The van der Waals surface area contributed by atoms with Crippen molar-refractivity contribution in [3.05, 3.63) is 24.3 Å². The van der Waals surface area contributed by atoms with E-state index in [0.717, 1.165) is 41.1 Å². The van der Waals surface area contributed by atoms with Crippen molar-refractivity contribution in [3.8, 4) is 17.1 Å². The van der Waals surface area contributed by atoms with E-state index in [2.05, 4.69) is 10.2 Å². The lowest BCUT2D eigenvalue weighted by Crippen LogP contribution is -2.21. The predicted octanol–water partition coefficient (Wildman–Crippen LogP) is 3.15. The van der Waals surface area contributed by atoms with Crippen molar-refractivity contribution in [2.75, 3.05) is 19.5 Å². The molecule has 0 spiro atoms. The van der Waals surface area contributed by atoms with Crippen LogP contribution in [0.1, 0.15) is 19.3 Å². The number of nitrogens with zero attached hydrogens (tertiary/aromatic N) is 3. The molecule has 1 aliphatic rings. The Kier molecular flexibility index (Phi) is 5.00. The molecule has 1 aliphatic heterocycles. The highest BCUT2D eigenvalue weighted by molar-refractivity contribution is 7.99. The zero-order chi connectivity index (χ0) is 15.4. The van der Waals surface area contributed by atoms with Crippen molar-refractivity contribution in [1.82, 2.24) is 14.8 Å². The third kappa shape index (κ3) is 3.44. The number of benzene rings is 1. The standard InChI is InChI=1S/C16H21N3O2S/c1-19-15(12-6-8-13(20-2)9-7-12)17-18-16(19)22-11-14-5-3-4-10-21-14/h6-9,14H,3-5,10-11H2,1-2H3/t14-/m1/s1. The van der Waals surface area contributed by atoms with Crippen LogP contribution in [0, 0.1) is 0 Å². The van der Waals surface area contributed by atoms with Crippen molar-refractivity contribution in [2.24, 2.45) is 7.05 Å². The number of hydrogen-bond acceptors (Lipinski definition) is 5. The van der Waals surface area contributed by atoms with Gasteiger partial charge in [0.1, 0.15) is 5.75 Å². The average Bonchev–Trinajstić information content (AvgIpc) is 2.95. The molecule has 6 heteroatoms. The maximum Gasteiger partial charge on any atom is 0.191 e. The lowest BCUT2D eigenvalue weighted by atomic mass is 10.1. The molecule has 1 saturated heterocycles. The molecule has 5 nitrogen and oxygen atoms in total. The Bertz CT molecular complexity index is 606. The van der Waals surface area contributed by atoms with Crippen LogP contribution in [0.2, 0.25) is 0 Å². The molecule has 22 heavy (non-hydrogen) atoms. The Hall–Kier alpha value is -1.53. The molecular weight excluding hydrogens is 298 g/mol. The zero-order valence-electron chi connectivity index (χ0n) is 13.0. The first-order valence-electron chi connectivity index (χ1n) is 7.56. The van der Waals surface area contributed by atoms with Crippen LogP contribution in [0.5, 0.6) is 5.75 Å². The van der Waals surface area contributed by atoms with Crippen molar-refractivity contribution >= 4 is 11.8 Å². The van der Waals surface area contributed by atoms with Gasteiger partial charge in [-0.1, -0.05) is 11.8 Å². The van der Waals surface area contributed by atoms with E-state index < -0.39 is 0 Å². The van der Waals surface area contributed by atoms with Gasteiger partial charge in [-0.3, -0.25) is 0 Å². The summed E-state index contributed by atoms with van der Waals surface area (Å²) in [6.07, 6.45) is 3.95. The van der Waals surface area contributed by atoms with Crippen molar-refractivity contribution in [1.29, 1.82) is 0 Å². The van der Waals surface area contributed by atoms with Crippen molar-refractivity contribution in [3.63, 3.8) is 0 Å². The van der Waals surface area contributed by atoms with Gasteiger partial charge in [0.2, 0.25) is 0 Å². The lowest BCUT2D eigenvalue weighted by molar-refractivity contribution is 0.0315. The smallest absolute Gasteiger partial charge is 0.191 e. The molecule has 0 saturated carbocycles. The van der Waals surface area contributed by atoms with Crippen LogP contribution in [0.25, 0.3) is 11.4 Å². The van der Waals surface area contributed by atoms with Crippen LogP contribution in [0.4, 0.5) is 0 Å². The van der Waals surface area contributed by atoms with Gasteiger partial charge in [0.25, 0.3) is 0 Å². The molecule has 0 unspecified atom stereocenters. The largest absolute Gasteiger partial charge is 0.497 e. The number of hydrogen-bond donors (Lipinski definition) is 0. The molecule has 0 aliphatic carbocycles. The summed E-state index contributed by atoms with van der Waals surface area (Å²) in [6, 6.07) is 7.88. The summed E-state index contributed by atoms with van der Waals surface area (Å²) in [5.74, 6) is 2.65. The summed E-state index contributed by atoms with van der Waals surface area (Å²) in [5.41, 5.74) is 1.04. The van der Waals surface area contributed by atoms with Gasteiger partial charge in [0.15, 0.2) is 11.0 Å². The van der Waals surface area contributed by atoms with Gasteiger partial charge in [-0.25, -0.2) is 0 Å². The highest BCUT2D eigenvalue weighted by Crippen LogP contribution is 2.26. The Morgan fingerprint density at radius 2 is 2.09 bits per heavy atom. The van der Waals surface area contributed by atoms with Crippen LogP contribution in [0.3, 0.4) is 0 Å². The molecule has 1 aromatic carbocycles. The minimum absolute atomic E-state index is 0.347. The van der Waals surface area contributed by atoms with Gasteiger partial charge in [0, 0.05) is 25.0 Å². The summed E-state index contributed by atoms with van der Waals surface area (Å²) in [5, 5.41) is 9.55. The van der Waals surface area contributed by atoms with E-state index in [9.17, 15) is 0 Å². The third-order valence-electron chi connectivity index (χ3n) is 3.86. The highest BCUT2D eigenvalue weighted by atomic mass is 32.2. The summed E-state index contributed by atoms with van der Waals surface area (Å²) in [4.78, 5) is 0. The van der Waals surface area contributed by atoms with E-state index in [4.69, 9.17) is 9.47 Å². The van der Waals surface area contributed by atoms with E-state index in [1.54, 1.807) is 18.9 Å². The second kappa shape index (κ2) is 7.15. The highest BCUT2D eigenvalue weighted by Gasteiger charge is 2.17. The first-order chi connectivity index (χ1) is 10.8. The summed E-state index contributed by atoms with van der Waals surface area (Å²) >= 11 is 1.72. The van der Waals surface area contributed by atoms with Gasteiger partial charge in [-0.05, 0) is 43.5 Å². The van der Waals surface area contributed by atoms with Crippen molar-refractivity contribution in [2.45, 2.75) is 30.5 Å². The van der Waals surface area contributed by atoms with Gasteiger partial charge in [0.05, 0.1) is 13.2 Å². The van der Waals surface area contributed by atoms with E-state index in [1.807, 2.05) is 35.9 Å². The maximum absolute atomic E-state index is 5.76. The summed E-state index contributed by atoms with van der Waals surface area (Å²) in [6.45, 7) is 0.890. The lowest BCUT2D eigenvalue weighted by Gasteiger charge is -2.21. The minimum Gasteiger partial charge on any atom is -0.497 e. The summed E-state index contributed by atoms with van der Waals surface area (Å²) in [7, 11) is 3.67. The monoisotopic (exact) mass is 319 g/mol. The molecule has 0 radical (unpaired) electrons. The molecule has 1 aromatic heterocycles. The van der Waals surface area contributed by atoms with E-state index >= 15 is 0 Å². The number of rotatable bonds is 5. The molecule has 2 aromatic rings. The Balaban J connectivity index is 1.68. The fourth-order valence-corrected chi connectivity index (χ4v) is 3.51. The van der Waals surface area contributed by atoms with Crippen molar-refractivity contribution < 1.29 is 9.47 Å². The predicted molar refractivity (Wildman–Crippen MR) is 87.3 cm³/mol. The normalized spacial score (nSPS) is 18.4. The molecule has 0 amide bonds. The molecule has 1 fully saturated rings. The maximum atomic E-state index is 5.76. The molecule has 1 atom stereocenters. The topological polar surface area (TPSA) is 49.2 Å². The number of methoxy groups -OCH3 is 1.